The molecule has 0 N–H and O–H groups in total. The lowest BCUT2D eigenvalue weighted by atomic mass is 10.2. The smallest absolute Gasteiger partial charge is 0.260 e. The normalized spacial score (nSPS) is 14.4. The van der Waals surface area contributed by atoms with Gasteiger partial charge in [0, 0.05) is 31.7 Å². The van der Waals surface area contributed by atoms with Gasteiger partial charge in [0.25, 0.3) is 5.91 Å². The number of morpholine rings is 1. The summed E-state index contributed by atoms with van der Waals surface area (Å²) in [5.74, 6) is 0.715. The summed E-state index contributed by atoms with van der Waals surface area (Å²) in [6, 6.07) is 13.8. The molecular weight excluding hydrogens is 446 g/mol. The minimum Gasteiger partial charge on any atom is -0.494 e. The number of carbonyl (C=O) groups is 1. The van der Waals surface area contributed by atoms with Gasteiger partial charge in [-0.2, -0.15) is 0 Å². The van der Waals surface area contributed by atoms with Crippen LogP contribution in [0, 0.1) is 6.92 Å². The third kappa shape index (κ3) is 6.56. The van der Waals surface area contributed by atoms with E-state index in [0.29, 0.717) is 18.7 Å². The minimum atomic E-state index is -0.0308. The van der Waals surface area contributed by atoms with Crippen LogP contribution in [0.5, 0.6) is 5.75 Å². The van der Waals surface area contributed by atoms with Crippen molar-refractivity contribution in [1.29, 1.82) is 0 Å². The van der Waals surface area contributed by atoms with Gasteiger partial charge in [0.1, 0.15) is 5.75 Å². The lowest BCUT2D eigenvalue weighted by Gasteiger charge is -2.27. The van der Waals surface area contributed by atoms with Gasteiger partial charge >= 0.3 is 0 Å². The highest BCUT2D eigenvalue weighted by molar-refractivity contribution is 7.22. The van der Waals surface area contributed by atoms with Gasteiger partial charge in [0.15, 0.2) is 5.13 Å². The van der Waals surface area contributed by atoms with Crippen LogP contribution in [-0.4, -0.2) is 61.8 Å². The SMILES string of the molecule is CCCCCOc1cccc(C(=O)N(CCCN2CCOCC2)c2nc3ccc(C)cc3s2)c1. The number of fused-ring (bicyclic) bond motifs is 1. The number of thiazole rings is 1. The summed E-state index contributed by atoms with van der Waals surface area (Å²) in [6.45, 7) is 9.96. The molecule has 6 nitrogen and oxygen atoms in total. The Hall–Kier alpha value is -2.48. The van der Waals surface area contributed by atoms with Crippen molar-refractivity contribution in [1.82, 2.24) is 9.88 Å². The number of hydrogen-bond donors (Lipinski definition) is 0. The maximum absolute atomic E-state index is 13.7. The molecule has 0 aliphatic carbocycles. The minimum absolute atomic E-state index is 0.0308. The third-order valence-corrected chi connectivity index (χ3v) is 7.11. The van der Waals surface area contributed by atoms with E-state index in [-0.39, 0.29) is 5.91 Å². The van der Waals surface area contributed by atoms with Crippen molar-refractivity contribution >= 4 is 32.6 Å². The number of rotatable bonds is 11. The van der Waals surface area contributed by atoms with Gasteiger partial charge < -0.3 is 9.47 Å². The van der Waals surface area contributed by atoms with Crippen LogP contribution in [0.4, 0.5) is 5.13 Å². The van der Waals surface area contributed by atoms with Crippen LogP contribution in [0.1, 0.15) is 48.5 Å². The summed E-state index contributed by atoms with van der Waals surface area (Å²) < 4.78 is 12.5. The molecule has 4 rings (SSSR count). The molecule has 0 radical (unpaired) electrons. The first-order chi connectivity index (χ1) is 16.6. The number of amides is 1. The summed E-state index contributed by atoms with van der Waals surface area (Å²) in [6.07, 6.45) is 4.21. The summed E-state index contributed by atoms with van der Waals surface area (Å²) in [7, 11) is 0. The molecule has 0 atom stereocenters. The van der Waals surface area contributed by atoms with Crippen molar-refractivity contribution in [3.05, 3.63) is 53.6 Å². The molecule has 1 aromatic heterocycles. The van der Waals surface area contributed by atoms with Crippen molar-refractivity contribution < 1.29 is 14.3 Å². The molecule has 182 valence electrons. The molecule has 1 aliphatic heterocycles. The number of hydrogen-bond acceptors (Lipinski definition) is 6. The number of benzene rings is 2. The zero-order valence-corrected chi connectivity index (χ0v) is 21.1. The first-order valence-electron chi connectivity index (χ1n) is 12.4. The van der Waals surface area contributed by atoms with Crippen LogP contribution in [0.25, 0.3) is 10.2 Å². The monoisotopic (exact) mass is 481 g/mol. The molecule has 0 bridgehead atoms. The lowest BCUT2D eigenvalue weighted by molar-refractivity contribution is 0.0376. The second-order valence-corrected chi connectivity index (χ2v) is 9.82. The van der Waals surface area contributed by atoms with Crippen molar-refractivity contribution in [2.75, 3.05) is 50.9 Å². The van der Waals surface area contributed by atoms with E-state index in [4.69, 9.17) is 14.5 Å². The highest BCUT2D eigenvalue weighted by Crippen LogP contribution is 2.31. The third-order valence-electron chi connectivity index (χ3n) is 6.07. The van der Waals surface area contributed by atoms with Crippen LogP contribution in [0.15, 0.2) is 42.5 Å². The zero-order chi connectivity index (χ0) is 23.8. The molecule has 0 unspecified atom stereocenters. The summed E-state index contributed by atoms with van der Waals surface area (Å²) in [4.78, 5) is 22.8. The Morgan fingerprint density at radius 2 is 2.00 bits per heavy atom. The first-order valence-corrected chi connectivity index (χ1v) is 13.2. The molecule has 1 aliphatic rings. The molecule has 0 saturated carbocycles. The summed E-state index contributed by atoms with van der Waals surface area (Å²) in [5.41, 5.74) is 2.76. The maximum atomic E-state index is 13.7. The van der Waals surface area contributed by atoms with Crippen LogP contribution >= 0.6 is 11.3 Å². The topological polar surface area (TPSA) is 54.9 Å². The van der Waals surface area contributed by atoms with E-state index in [9.17, 15) is 4.79 Å². The highest BCUT2D eigenvalue weighted by Gasteiger charge is 2.22. The van der Waals surface area contributed by atoms with E-state index < -0.39 is 0 Å². The molecule has 34 heavy (non-hydrogen) atoms. The predicted octanol–water partition coefficient (Wildman–Crippen LogP) is 5.54. The van der Waals surface area contributed by atoms with Gasteiger partial charge in [-0.15, -0.1) is 0 Å². The zero-order valence-electron chi connectivity index (χ0n) is 20.3. The molecule has 1 fully saturated rings. The quantitative estimate of drug-likeness (QED) is 0.337. The van der Waals surface area contributed by atoms with Crippen LogP contribution < -0.4 is 9.64 Å². The number of ether oxygens (including phenoxy) is 2. The molecule has 1 saturated heterocycles. The Bertz CT molecular complexity index is 1080. The first kappa shape index (κ1) is 24.6. The molecule has 0 spiro atoms. The fourth-order valence-electron chi connectivity index (χ4n) is 4.11. The van der Waals surface area contributed by atoms with Crippen LogP contribution in [0.2, 0.25) is 0 Å². The Labute approximate surface area is 206 Å². The number of anilines is 1. The van der Waals surface area contributed by atoms with E-state index >= 15 is 0 Å². The van der Waals surface area contributed by atoms with Crippen molar-refractivity contribution in [2.45, 2.75) is 39.5 Å². The number of aromatic nitrogens is 1. The average Bonchev–Trinajstić information content (AvgIpc) is 3.28. The molecule has 2 aromatic carbocycles. The van der Waals surface area contributed by atoms with E-state index in [1.165, 1.54) is 5.56 Å². The fraction of sp³-hybridized carbons (Fsp3) is 0.481. The van der Waals surface area contributed by atoms with Gasteiger partial charge in [-0.1, -0.05) is 43.2 Å². The van der Waals surface area contributed by atoms with Crippen LogP contribution in [-0.2, 0) is 4.74 Å². The van der Waals surface area contributed by atoms with Crippen molar-refractivity contribution in [2.24, 2.45) is 0 Å². The van der Waals surface area contributed by atoms with E-state index in [0.717, 1.165) is 79.6 Å². The Balaban J connectivity index is 1.52. The molecule has 1 amide bonds. The summed E-state index contributed by atoms with van der Waals surface area (Å²) >= 11 is 1.58. The number of nitrogens with zero attached hydrogens (tertiary/aromatic N) is 3. The molecular formula is C27H35N3O3S. The Morgan fingerprint density at radius 3 is 2.82 bits per heavy atom. The van der Waals surface area contributed by atoms with E-state index in [1.54, 1.807) is 11.3 Å². The van der Waals surface area contributed by atoms with E-state index in [1.807, 2.05) is 35.2 Å². The number of aryl methyl sites for hydroxylation is 1. The molecule has 3 aromatic rings. The lowest BCUT2D eigenvalue weighted by Crippen LogP contribution is -2.39. The van der Waals surface area contributed by atoms with Gasteiger partial charge in [-0.3, -0.25) is 14.6 Å². The van der Waals surface area contributed by atoms with E-state index in [2.05, 4.69) is 30.9 Å². The van der Waals surface area contributed by atoms with Gasteiger partial charge in [0.2, 0.25) is 0 Å². The predicted molar refractivity (Wildman–Crippen MR) is 139 cm³/mol. The van der Waals surface area contributed by atoms with Gasteiger partial charge in [-0.25, -0.2) is 4.98 Å². The Kier molecular flexibility index (Phi) is 8.91. The van der Waals surface area contributed by atoms with Gasteiger partial charge in [-0.05, 0) is 55.7 Å². The van der Waals surface area contributed by atoms with Crippen LogP contribution in [0.3, 0.4) is 0 Å². The highest BCUT2D eigenvalue weighted by atomic mass is 32.1. The standard InChI is InChI=1S/C27H35N3O3S/c1-3-4-5-16-33-23-9-6-8-22(20-23)26(31)30(13-7-12-29-14-17-32-18-15-29)27-28-24-11-10-21(2)19-25(24)34-27/h6,8-11,19-20H,3-5,7,12-18H2,1-2H3. The van der Waals surface area contributed by atoms with Gasteiger partial charge in [0.05, 0.1) is 30.0 Å². The van der Waals surface area contributed by atoms with Crippen molar-refractivity contribution in [3.63, 3.8) is 0 Å². The largest absolute Gasteiger partial charge is 0.494 e. The second kappa shape index (κ2) is 12.3. The number of carbonyl (C=O) groups excluding carboxylic acids is 1. The molecule has 7 heteroatoms. The average molecular weight is 482 g/mol. The van der Waals surface area contributed by atoms with Crippen molar-refractivity contribution in [3.8, 4) is 5.75 Å². The second-order valence-electron chi connectivity index (χ2n) is 8.82. The Morgan fingerprint density at radius 1 is 1.15 bits per heavy atom. The fourth-order valence-corrected chi connectivity index (χ4v) is 5.20. The maximum Gasteiger partial charge on any atom is 0.260 e. The summed E-state index contributed by atoms with van der Waals surface area (Å²) in [5, 5.41) is 0.752. The number of unbranched alkanes of at least 4 members (excludes halogenated alkanes) is 2. The molecule has 2 heterocycles.